The van der Waals surface area contributed by atoms with Gasteiger partial charge in [0, 0.05) is 37.6 Å². The summed E-state index contributed by atoms with van der Waals surface area (Å²) in [7, 11) is -1.37. The molecule has 0 saturated heterocycles. The Morgan fingerprint density at radius 1 is 0.889 bits per heavy atom. The largest absolute Gasteiger partial charge is 0.508 e. The van der Waals surface area contributed by atoms with Crippen molar-refractivity contribution >= 4 is 8.07 Å². The number of benzene rings is 2. The highest BCUT2D eigenvalue weighted by Gasteiger charge is 2.39. The molecule has 4 rings (SSSR count). The third-order valence-electron chi connectivity index (χ3n) is 5.68. The van der Waals surface area contributed by atoms with Crippen LogP contribution in [0.2, 0.25) is 25.7 Å². The van der Waals surface area contributed by atoms with E-state index in [1.165, 1.54) is 10.8 Å². The average molecular weight is 512 g/mol. The van der Waals surface area contributed by atoms with Gasteiger partial charge in [0.2, 0.25) is 0 Å². The smallest absolute Gasteiger partial charge is 0.435 e. The number of hydrogen-bond acceptors (Lipinski definition) is 4. The molecule has 2 heterocycles. The van der Waals surface area contributed by atoms with Crippen LogP contribution in [0.15, 0.2) is 72.9 Å². The molecule has 2 aromatic heterocycles. The van der Waals surface area contributed by atoms with Gasteiger partial charge < -0.3 is 9.84 Å². The molecule has 0 unspecified atom stereocenters. The normalized spacial score (nSPS) is 12.2. The first-order valence-electron chi connectivity index (χ1n) is 11.6. The molecule has 0 spiro atoms. The monoisotopic (exact) mass is 511 g/mol. The number of aromatic nitrogens is 3. The summed E-state index contributed by atoms with van der Waals surface area (Å²) in [5.74, 6) is 0.276. The molecule has 1 N–H and O–H groups in total. The fourth-order valence-corrected chi connectivity index (χ4v) is 4.51. The minimum absolute atomic E-state index is 0.0336. The number of aromatic hydroxyl groups is 1. The molecule has 5 nitrogen and oxygen atoms in total. The summed E-state index contributed by atoms with van der Waals surface area (Å²) < 4.78 is 49.9. The Balaban J connectivity index is 1.78. The van der Waals surface area contributed by atoms with Crippen molar-refractivity contribution in [2.75, 3.05) is 6.61 Å². The van der Waals surface area contributed by atoms with Gasteiger partial charge in [-0.05, 0) is 42.4 Å². The Morgan fingerprint density at radius 2 is 1.56 bits per heavy atom. The number of pyridine rings is 1. The van der Waals surface area contributed by atoms with Gasteiger partial charge in [0.15, 0.2) is 5.69 Å². The number of imidazole rings is 1. The van der Waals surface area contributed by atoms with Gasteiger partial charge in [0.25, 0.3) is 0 Å². The zero-order valence-corrected chi connectivity index (χ0v) is 21.4. The Labute approximate surface area is 209 Å². The third kappa shape index (κ3) is 6.03. The highest BCUT2D eigenvalue weighted by atomic mass is 28.3. The Morgan fingerprint density at radius 3 is 2.14 bits per heavy atom. The molecular weight excluding hydrogens is 483 g/mol. The Kier molecular flexibility index (Phi) is 7.32. The molecule has 36 heavy (non-hydrogen) atoms. The van der Waals surface area contributed by atoms with Crippen LogP contribution in [-0.4, -0.2) is 34.3 Å². The fraction of sp³-hybridized carbons (Fsp3) is 0.259. The van der Waals surface area contributed by atoms with E-state index < -0.39 is 19.9 Å². The first-order chi connectivity index (χ1) is 17.0. The van der Waals surface area contributed by atoms with Crippen molar-refractivity contribution in [3.63, 3.8) is 0 Å². The van der Waals surface area contributed by atoms with E-state index in [0.717, 1.165) is 11.6 Å². The van der Waals surface area contributed by atoms with E-state index in [-0.39, 0.29) is 24.0 Å². The molecular formula is C27H28F3N3O2Si. The maximum absolute atomic E-state index is 14.2. The van der Waals surface area contributed by atoms with E-state index >= 15 is 0 Å². The summed E-state index contributed by atoms with van der Waals surface area (Å²) in [6.07, 6.45) is -3.14. The number of phenols is 1. The number of phenolic OH excluding ortho intramolecular Hbond substituents is 1. The molecule has 0 radical (unpaired) electrons. The lowest BCUT2D eigenvalue weighted by Gasteiger charge is -2.18. The highest BCUT2D eigenvalue weighted by Crippen LogP contribution is 2.39. The first kappa shape index (κ1) is 25.7. The van der Waals surface area contributed by atoms with Gasteiger partial charge in [-0.1, -0.05) is 50.0 Å². The minimum Gasteiger partial charge on any atom is -0.508 e. The van der Waals surface area contributed by atoms with Crippen molar-refractivity contribution in [3.05, 3.63) is 78.6 Å². The van der Waals surface area contributed by atoms with Crippen LogP contribution < -0.4 is 0 Å². The molecule has 4 aromatic rings. The van der Waals surface area contributed by atoms with Crippen molar-refractivity contribution in [1.29, 1.82) is 0 Å². The fourth-order valence-electron chi connectivity index (χ4n) is 3.75. The van der Waals surface area contributed by atoms with Gasteiger partial charge >= 0.3 is 6.18 Å². The standard InChI is InChI=1S/C27H28F3N3O2Si/c1-36(2,3)16-15-35-18-33-24(20-7-5-4-6-8-20)25(27(28,29)30)32-26(33)21-11-14-23(31-17-21)19-9-12-22(34)13-10-19/h4-14,17,34H,15-16,18H2,1-3H3. The van der Waals surface area contributed by atoms with Gasteiger partial charge in [-0.2, -0.15) is 13.2 Å². The van der Waals surface area contributed by atoms with E-state index in [4.69, 9.17) is 4.74 Å². The van der Waals surface area contributed by atoms with Crippen molar-refractivity contribution < 1.29 is 23.0 Å². The number of rotatable bonds is 8. The lowest BCUT2D eigenvalue weighted by Crippen LogP contribution is -2.22. The minimum atomic E-state index is -4.65. The summed E-state index contributed by atoms with van der Waals surface area (Å²) in [6.45, 7) is 7.06. The molecule has 0 aliphatic heterocycles. The van der Waals surface area contributed by atoms with Crippen molar-refractivity contribution in [3.8, 4) is 39.7 Å². The molecule has 9 heteroatoms. The van der Waals surface area contributed by atoms with E-state index in [0.29, 0.717) is 23.4 Å². The van der Waals surface area contributed by atoms with Crippen LogP contribution in [0.25, 0.3) is 33.9 Å². The van der Waals surface area contributed by atoms with Crippen LogP contribution in [0.4, 0.5) is 13.2 Å². The lowest BCUT2D eigenvalue weighted by atomic mass is 10.1. The maximum Gasteiger partial charge on any atom is 0.435 e. The molecule has 0 fully saturated rings. The van der Waals surface area contributed by atoms with Crippen LogP contribution >= 0.6 is 0 Å². The second-order valence-corrected chi connectivity index (χ2v) is 15.4. The molecule has 0 bridgehead atoms. The number of halogens is 3. The van der Waals surface area contributed by atoms with E-state index in [9.17, 15) is 18.3 Å². The predicted octanol–water partition coefficient (Wildman–Crippen LogP) is 7.32. The zero-order valence-electron chi connectivity index (χ0n) is 20.4. The summed E-state index contributed by atoms with van der Waals surface area (Å²) >= 11 is 0. The van der Waals surface area contributed by atoms with E-state index in [1.54, 1.807) is 66.7 Å². The number of ether oxygens (including phenoxy) is 1. The van der Waals surface area contributed by atoms with Gasteiger partial charge in [-0.25, -0.2) is 4.98 Å². The maximum atomic E-state index is 14.2. The third-order valence-corrected chi connectivity index (χ3v) is 7.39. The van der Waals surface area contributed by atoms with Gasteiger partial charge in [-0.15, -0.1) is 0 Å². The molecule has 2 aromatic carbocycles. The SMILES string of the molecule is C[Si](C)(C)CCOCn1c(-c2ccc(-c3ccc(O)cc3)nc2)nc(C(F)(F)F)c1-c1ccccc1. The summed E-state index contributed by atoms with van der Waals surface area (Å²) in [4.78, 5) is 8.51. The molecule has 188 valence electrons. The molecule has 0 saturated carbocycles. The quantitative estimate of drug-likeness (QED) is 0.199. The van der Waals surface area contributed by atoms with Gasteiger partial charge in [0.05, 0.1) is 11.4 Å². The molecule has 0 atom stereocenters. The highest BCUT2D eigenvalue weighted by molar-refractivity contribution is 6.76. The second kappa shape index (κ2) is 10.3. The second-order valence-electron chi connectivity index (χ2n) is 9.75. The zero-order chi connectivity index (χ0) is 25.9. The van der Waals surface area contributed by atoms with Crippen molar-refractivity contribution in [2.24, 2.45) is 0 Å². The van der Waals surface area contributed by atoms with Crippen LogP contribution in [0, 0.1) is 0 Å². The molecule has 0 aliphatic carbocycles. The number of alkyl halides is 3. The van der Waals surface area contributed by atoms with E-state index in [1.807, 2.05) is 0 Å². The van der Waals surface area contributed by atoms with Crippen LogP contribution in [0.3, 0.4) is 0 Å². The Bertz CT molecular complexity index is 1300. The average Bonchev–Trinajstić information content (AvgIpc) is 3.22. The summed E-state index contributed by atoms with van der Waals surface area (Å²) in [6, 6.07) is 19.3. The topological polar surface area (TPSA) is 60.2 Å². The van der Waals surface area contributed by atoms with E-state index in [2.05, 4.69) is 29.6 Å². The van der Waals surface area contributed by atoms with Crippen LogP contribution in [-0.2, 0) is 17.6 Å². The summed E-state index contributed by atoms with van der Waals surface area (Å²) in [5, 5.41) is 9.52. The molecule has 0 aliphatic rings. The van der Waals surface area contributed by atoms with Crippen molar-refractivity contribution in [1.82, 2.24) is 14.5 Å². The summed E-state index contributed by atoms with van der Waals surface area (Å²) in [5.41, 5.74) is 1.26. The van der Waals surface area contributed by atoms with Gasteiger partial charge in [0.1, 0.15) is 18.3 Å². The number of nitrogens with zero attached hydrogens (tertiary/aromatic N) is 3. The first-order valence-corrected chi connectivity index (χ1v) is 15.3. The van der Waals surface area contributed by atoms with Crippen LogP contribution in [0.1, 0.15) is 5.69 Å². The molecule has 0 amide bonds. The predicted molar refractivity (Wildman–Crippen MR) is 137 cm³/mol. The van der Waals surface area contributed by atoms with Gasteiger partial charge in [-0.3, -0.25) is 9.55 Å². The van der Waals surface area contributed by atoms with Crippen LogP contribution in [0.5, 0.6) is 5.75 Å². The number of hydrogen-bond donors (Lipinski definition) is 1. The van der Waals surface area contributed by atoms with Crippen molar-refractivity contribution in [2.45, 2.75) is 38.6 Å². The lowest BCUT2D eigenvalue weighted by molar-refractivity contribution is -0.140. The Hall–Kier alpha value is -3.43.